The molecule has 166 valence electrons. The third-order valence-corrected chi connectivity index (χ3v) is 5.06. The molecule has 0 unspecified atom stereocenters. The fourth-order valence-electron chi connectivity index (χ4n) is 3.23. The van der Waals surface area contributed by atoms with Crippen LogP contribution in [0.15, 0.2) is 66.9 Å². The number of esters is 2. The van der Waals surface area contributed by atoms with Gasteiger partial charge in [-0.2, -0.15) is 0 Å². The lowest BCUT2D eigenvalue weighted by molar-refractivity contribution is 0.0498. The summed E-state index contributed by atoms with van der Waals surface area (Å²) in [7, 11) is 0. The predicted octanol–water partition coefficient (Wildman–Crippen LogP) is 6.27. The molecule has 2 aromatic carbocycles. The zero-order valence-electron chi connectivity index (χ0n) is 18.7. The molecule has 0 spiro atoms. The van der Waals surface area contributed by atoms with E-state index in [1.165, 1.54) is 5.56 Å². The minimum absolute atomic E-state index is 0.370. The highest BCUT2D eigenvalue weighted by Gasteiger charge is 2.11. The number of pyridine rings is 1. The number of hydrogen-bond acceptors (Lipinski definition) is 5. The lowest BCUT2D eigenvalue weighted by Gasteiger charge is -2.07. The number of unbranched alkanes of at least 4 members (excludes halogenated alkanes) is 2. The zero-order chi connectivity index (χ0) is 22.8. The van der Waals surface area contributed by atoms with Crippen LogP contribution in [0.4, 0.5) is 0 Å². The first-order valence-electron chi connectivity index (χ1n) is 11.2. The summed E-state index contributed by atoms with van der Waals surface area (Å²) < 4.78 is 10.7. The molecule has 5 nitrogen and oxygen atoms in total. The van der Waals surface area contributed by atoms with Gasteiger partial charge in [0.2, 0.25) is 0 Å². The number of carbonyl (C=O) groups excluding carboxylic acids is 2. The van der Waals surface area contributed by atoms with Gasteiger partial charge in [0.15, 0.2) is 0 Å². The van der Waals surface area contributed by atoms with Crippen molar-refractivity contribution < 1.29 is 19.1 Å². The molecule has 3 aromatic rings. The van der Waals surface area contributed by atoms with Gasteiger partial charge in [0.05, 0.1) is 23.4 Å². The van der Waals surface area contributed by atoms with Crippen molar-refractivity contribution in [2.24, 2.45) is 0 Å². The second kappa shape index (κ2) is 11.8. The van der Waals surface area contributed by atoms with Crippen molar-refractivity contribution in [1.82, 2.24) is 4.98 Å². The number of carbonyl (C=O) groups is 2. The molecule has 1 aromatic heterocycles. The maximum absolute atomic E-state index is 12.5. The molecule has 0 aliphatic carbocycles. The van der Waals surface area contributed by atoms with E-state index >= 15 is 0 Å². The lowest BCUT2D eigenvalue weighted by atomic mass is 10.1. The molecule has 0 aliphatic heterocycles. The van der Waals surface area contributed by atoms with Gasteiger partial charge in [0.25, 0.3) is 0 Å². The van der Waals surface area contributed by atoms with Gasteiger partial charge in [-0.1, -0.05) is 51.3 Å². The van der Waals surface area contributed by atoms with E-state index in [1.807, 2.05) is 24.4 Å². The van der Waals surface area contributed by atoms with Crippen molar-refractivity contribution in [2.45, 2.75) is 46.0 Å². The van der Waals surface area contributed by atoms with Gasteiger partial charge in [-0.25, -0.2) is 9.59 Å². The molecule has 0 fully saturated rings. The Kier molecular flexibility index (Phi) is 8.55. The monoisotopic (exact) mass is 431 g/mol. The number of hydrogen-bond donors (Lipinski definition) is 0. The van der Waals surface area contributed by atoms with Gasteiger partial charge < -0.3 is 9.47 Å². The summed E-state index contributed by atoms with van der Waals surface area (Å²) >= 11 is 0. The molecule has 0 atom stereocenters. The van der Waals surface area contributed by atoms with Gasteiger partial charge in [-0.05, 0) is 60.9 Å². The minimum Gasteiger partial charge on any atom is -0.462 e. The molecule has 0 aliphatic rings. The van der Waals surface area contributed by atoms with E-state index in [-0.39, 0.29) is 5.97 Å². The van der Waals surface area contributed by atoms with E-state index in [0.717, 1.165) is 43.4 Å². The molecule has 0 amide bonds. The Labute approximate surface area is 189 Å². The molecule has 3 rings (SSSR count). The summed E-state index contributed by atoms with van der Waals surface area (Å²) in [6.07, 6.45) is 6.96. The fraction of sp³-hybridized carbons (Fsp3) is 0.296. The van der Waals surface area contributed by atoms with Crippen molar-refractivity contribution in [2.75, 3.05) is 6.61 Å². The van der Waals surface area contributed by atoms with Crippen LogP contribution in [-0.2, 0) is 11.2 Å². The Bertz CT molecular complexity index is 1010. The highest BCUT2D eigenvalue weighted by molar-refractivity contribution is 5.92. The highest BCUT2D eigenvalue weighted by atomic mass is 16.5. The molecular formula is C27H29NO4. The average Bonchev–Trinajstić information content (AvgIpc) is 2.83. The van der Waals surface area contributed by atoms with E-state index in [9.17, 15) is 9.59 Å². The molecule has 1 heterocycles. The van der Waals surface area contributed by atoms with Gasteiger partial charge >= 0.3 is 11.9 Å². The van der Waals surface area contributed by atoms with Crippen LogP contribution in [0.2, 0.25) is 0 Å². The fourth-order valence-corrected chi connectivity index (χ4v) is 3.23. The van der Waals surface area contributed by atoms with Crippen molar-refractivity contribution in [1.29, 1.82) is 0 Å². The topological polar surface area (TPSA) is 65.5 Å². The summed E-state index contributed by atoms with van der Waals surface area (Å²) in [5.41, 5.74) is 3.89. The van der Waals surface area contributed by atoms with Crippen LogP contribution in [0.3, 0.4) is 0 Å². The lowest BCUT2D eigenvalue weighted by Crippen LogP contribution is -2.09. The Hall–Kier alpha value is -3.47. The SMILES string of the molecule is CCCCCOC(=O)c1ccc(OC(=O)c2ccc(-c3ccc(CCC)cn3)cc2)cc1. The maximum atomic E-state index is 12.5. The molecule has 0 saturated carbocycles. The van der Waals surface area contributed by atoms with Crippen molar-refractivity contribution in [3.8, 4) is 17.0 Å². The Morgan fingerprint density at radius 1 is 0.781 bits per heavy atom. The number of aryl methyl sites for hydroxylation is 1. The van der Waals surface area contributed by atoms with E-state index in [4.69, 9.17) is 9.47 Å². The summed E-state index contributed by atoms with van der Waals surface area (Å²) in [5.74, 6) is -0.460. The largest absolute Gasteiger partial charge is 0.462 e. The summed E-state index contributed by atoms with van der Waals surface area (Å²) in [4.78, 5) is 29.0. The smallest absolute Gasteiger partial charge is 0.343 e. The van der Waals surface area contributed by atoms with E-state index < -0.39 is 5.97 Å². The first-order valence-corrected chi connectivity index (χ1v) is 11.2. The summed E-state index contributed by atoms with van der Waals surface area (Å²) in [6, 6.07) is 17.6. The van der Waals surface area contributed by atoms with Crippen LogP contribution in [0.1, 0.15) is 65.8 Å². The minimum atomic E-state index is -0.460. The standard InChI is InChI=1S/C27H29NO4/c1-3-5-6-18-31-26(29)22-13-15-24(16-14-22)32-27(30)23-11-9-21(10-12-23)25-17-8-20(7-4-2)19-28-25/h8-17,19H,3-7,18H2,1-2H3. The van der Waals surface area contributed by atoms with Crippen LogP contribution in [0.5, 0.6) is 5.75 Å². The average molecular weight is 432 g/mol. The Morgan fingerprint density at radius 2 is 1.47 bits per heavy atom. The van der Waals surface area contributed by atoms with E-state index in [2.05, 4.69) is 24.9 Å². The maximum Gasteiger partial charge on any atom is 0.343 e. The number of nitrogens with zero attached hydrogens (tertiary/aromatic N) is 1. The molecule has 0 saturated heterocycles. The molecular weight excluding hydrogens is 402 g/mol. The predicted molar refractivity (Wildman–Crippen MR) is 125 cm³/mol. The molecule has 0 radical (unpaired) electrons. The van der Waals surface area contributed by atoms with Gasteiger partial charge in [-0.3, -0.25) is 4.98 Å². The second-order valence-electron chi connectivity index (χ2n) is 7.64. The summed E-state index contributed by atoms with van der Waals surface area (Å²) in [6.45, 7) is 4.65. The number of aromatic nitrogens is 1. The molecule has 0 bridgehead atoms. The van der Waals surface area contributed by atoms with Crippen molar-refractivity contribution in [3.05, 3.63) is 83.6 Å². The number of ether oxygens (including phenoxy) is 2. The first-order chi connectivity index (χ1) is 15.6. The van der Waals surface area contributed by atoms with E-state index in [1.54, 1.807) is 36.4 Å². The van der Waals surface area contributed by atoms with Crippen LogP contribution < -0.4 is 4.74 Å². The normalized spacial score (nSPS) is 10.6. The van der Waals surface area contributed by atoms with E-state index in [0.29, 0.717) is 23.5 Å². The van der Waals surface area contributed by atoms with Crippen LogP contribution in [-0.4, -0.2) is 23.5 Å². The zero-order valence-corrected chi connectivity index (χ0v) is 18.7. The second-order valence-corrected chi connectivity index (χ2v) is 7.64. The van der Waals surface area contributed by atoms with Crippen LogP contribution >= 0.6 is 0 Å². The van der Waals surface area contributed by atoms with Gasteiger partial charge in [-0.15, -0.1) is 0 Å². The third-order valence-electron chi connectivity index (χ3n) is 5.06. The number of benzene rings is 2. The van der Waals surface area contributed by atoms with Gasteiger partial charge in [0.1, 0.15) is 5.75 Å². The van der Waals surface area contributed by atoms with Crippen LogP contribution in [0, 0.1) is 0 Å². The first kappa shape index (κ1) is 23.2. The van der Waals surface area contributed by atoms with Gasteiger partial charge in [0, 0.05) is 11.8 Å². The summed E-state index contributed by atoms with van der Waals surface area (Å²) in [5, 5.41) is 0. The van der Waals surface area contributed by atoms with Crippen LogP contribution in [0.25, 0.3) is 11.3 Å². The molecule has 32 heavy (non-hydrogen) atoms. The number of rotatable bonds is 10. The quantitative estimate of drug-likeness (QED) is 0.215. The molecule has 5 heteroatoms. The Balaban J connectivity index is 1.56. The van der Waals surface area contributed by atoms with Crippen molar-refractivity contribution in [3.63, 3.8) is 0 Å². The van der Waals surface area contributed by atoms with Crippen molar-refractivity contribution >= 4 is 11.9 Å². The third kappa shape index (κ3) is 6.51. The highest BCUT2D eigenvalue weighted by Crippen LogP contribution is 2.20. The Morgan fingerprint density at radius 3 is 2.09 bits per heavy atom. The molecule has 0 N–H and O–H groups in total.